The molecule has 3 unspecified atom stereocenters. The first-order chi connectivity index (χ1) is 12.7. The SMILES string of the molecule is CC1Cc2sc(NC(=O)CC(n3cccn3)C(F)(F)F)c(C#N)c2C(C)C1. The number of fused-ring (bicyclic) bond motifs is 1. The van der Waals surface area contributed by atoms with Gasteiger partial charge in [0.2, 0.25) is 5.91 Å². The molecule has 0 aliphatic heterocycles. The summed E-state index contributed by atoms with van der Waals surface area (Å²) in [5.41, 5.74) is 1.31. The summed E-state index contributed by atoms with van der Waals surface area (Å²) < 4.78 is 40.7. The molecule has 0 bridgehead atoms. The summed E-state index contributed by atoms with van der Waals surface area (Å²) in [4.78, 5) is 13.4. The molecule has 1 aliphatic carbocycles. The maximum atomic E-state index is 13.3. The fraction of sp³-hybridized carbons (Fsp3) is 0.500. The maximum absolute atomic E-state index is 13.3. The largest absolute Gasteiger partial charge is 0.411 e. The zero-order valence-corrected chi connectivity index (χ0v) is 15.7. The van der Waals surface area contributed by atoms with Crippen LogP contribution in [0.4, 0.5) is 18.2 Å². The van der Waals surface area contributed by atoms with E-state index >= 15 is 0 Å². The van der Waals surface area contributed by atoms with Gasteiger partial charge in [-0.3, -0.25) is 9.48 Å². The lowest BCUT2D eigenvalue weighted by Crippen LogP contribution is -2.31. The van der Waals surface area contributed by atoms with Gasteiger partial charge in [-0.1, -0.05) is 13.8 Å². The van der Waals surface area contributed by atoms with Crippen LogP contribution < -0.4 is 5.32 Å². The van der Waals surface area contributed by atoms with Crippen LogP contribution in [-0.2, 0) is 11.2 Å². The second-order valence-electron chi connectivity index (χ2n) is 7.00. The molecule has 0 spiro atoms. The van der Waals surface area contributed by atoms with Gasteiger partial charge >= 0.3 is 6.18 Å². The number of carbonyl (C=O) groups excluding carboxylic acids is 1. The number of aromatic nitrogens is 2. The number of halogens is 3. The molecule has 2 aromatic heterocycles. The molecule has 2 heterocycles. The van der Waals surface area contributed by atoms with Gasteiger partial charge in [0.25, 0.3) is 0 Å². The molecule has 5 nitrogen and oxygen atoms in total. The van der Waals surface area contributed by atoms with Gasteiger partial charge in [0.05, 0.1) is 12.0 Å². The third kappa shape index (κ3) is 4.00. The van der Waals surface area contributed by atoms with Crippen molar-refractivity contribution in [1.82, 2.24) is 9.78 Å². The third-order valence-electron chi connectivity index (χ3n) is 4.77. The molecule has 1 N–H and O–H groups in total. The van der Waals surface area contributed by atoms with Crippen LogP contribution in [0, 0.1) is 17.2 Å². The van der Waals surface area contributed by atoms with Crippen molar-refractivity contribution in [2.75, 3.05) is 5.32 Å². The van der Waals surface area contributed by atoms with Gasteiger partial charge in [-0.15, -0.1) is 11.3 Å². The number of alkyl halides is 3. The van der Waals surface area contributed by atoms with Crippen molar-refractivity contribution >= 4 is 22.2 Å². The van der Waals surface area contributed by atoms with Crippen LogP contribution in [0.3, 0.4) is 0 Å². The third-order valence-corrected chi connectivity index (χ3v) is 5.91. The lowest BCUT2D eigenvalue weighted by Gasteiger charge is -2.24. The van der Waals surface area contributed by atoms with Crippen molar-refractivity contribution in [3.8, 4) is 6.07 Å². The van der Waals surface area contributed by atoms with Crippen molar-refractivity contribution in [3.05, 3.63) is 34.5 Å². The summed E-state index contributed by atoms with van der Waals surface area (Å²) >= 11 is 1.30. The summed E-state index contributed by atoms with van der Waals surface area (Å²) in [6.07, 6.45) is -1.24. The minimum atomic E-state index is -4.61. The lowest BCUT2D eigenvalue weighted by molar-refractivity contribution is -0.174. The highest BCUT2D eigenvalue weighted by molar-refractivity contribution is 7.16. The predicted octanol–water partition coefficient (Wildman–Crippen LogP) is 4.63. The van der Waals surface area contributed by atoms with Crippen LogP contribution in [0.25, 0.3) is 0 Å². The molecular weight excluding hydrogens is 377 g/mol. The Balaban J connectivity index is 1.82. The number of nitrogens with zero attached hydrogens (tertiary/aromatic N) is 3. The molecule has 0 saturated carbocycles. The monoisotopic (exact) mass is 396 g/mol. The Hall–Kier alpha value is -2.34. The molecular formula is C18H19F3N4OS. The van der Waals surface area contributed by atoms with E-state index in [0.29, 0.717) is 16.5 Å². The van der Waals surface area contributed by atoms with E-state index < -0.39 is 24.5 Å². The Morgan fingerprint density at radius 1 is 1.52 bits per heavy atom. The number of hydrogen-bond acceptors (Lipinski definition) is 4. The highest BCUT2D eigenvalue weighted by Gasteiger charge is 2.43. The fourth-order valence-electron chi connectivity index (χ4n) is 3.66. The second kappa shape index (κ2) is 7.35. The first kappa shape index (κ1) is 19.4. The molecule has 1 amide bonds. The number of carbonyl (C=O) groups is 1. The number of nitrogens with one attached hydrogen (secondary N) is 1. The number of rotatable bonds is 4. The molecule has 0 saturated heterocycles. The lowest BCUT2D eigenvalue weighted by atomic mass is 9.81. The van der Waals surface area contributed by atoms with Gasteiger partial charge in [0.15, 0.2) is 6.04 Å². The van der Waals surface area contributed by atoms with Crippen molar-refractivity contribution in [2.45, 2.75) is 51.2 Å². The smallest absolute Gasteiger partial charge is 0.317 e. The van der Waals surface area contributed by atoms with Crippen molar-refractivity contribution in [2.24, 2.45) is 5.92 Å². The van der Waals surface area contributed by atoms with E-state index in [9.17, 15) is 23.2 Å². The minimum Gasteiger partial charge on any atom is -0.317 e. The molecule has 9 heteroatoms. The average Bonchev–Trinajstić information content (AvgIpc) is 3.18. The van der Waals surface area contributed by atoms with E-state index in [1.807, 2.05) is 6.92 Å². The summed E-state index contributed by atoms with van der Waals surface area (Å²) in [7, 11) is 0. The van der Waals surface area contributed by atoms with Gasteiger partial charge < -0.3 is 5.32 Å². The van der Waals surface area contributed by atoms with Gasteiger partial charge in [-0.25, -0.2) is 0 Å². The molecule has 0 radical (unpaired) electrons. The zero-order chi connectivity index (χ0) is 19.8. The maximum Gasteiger partial charge on any atom is 0.411 e. The number of hydrogen-bond donors (Lipinski definition) is 1. The van der Waals surface area contributed by atoms with Gasteiger partial charge in [0.1, 0.15) is 11.1 Å². The van der Waals surface area contributed by atoms with Crippen molar-refractivity contribution < 1.29 is 18.0 Å². The summed E-state index contributed by atoms with van der Waals surface area (Å²) in [5.74, 6) is -0.133. The predicted molar refractivity (Wildman–Crippen MR) is 95.5 cm³/mol. The Bertz CT molecular complexity index is 867. The summed E-state index contributed by atoms with van der Waals surface area (Å²) in [5, 5.41) is 16.0. The Kier molecular flexibility index (Phi) is 5.29. The summed E-state index contributed by atoms with van der Waals surface area (Å²) in [6.45, 7) is 4.16. The Morgan fingerprint density at radius 2 is 2.26 bits per heavy atom. The van der Waals surface area contributed by atoms with E-state index in [-0.39, 0.29) is 5.92 Å². The second-order valence-corrected chi connectivity index (χ2v) is 8.10. The van der Waals surface area contributed by atoms with E-state index in [2.05, 4.69) is 23.4 Å². The molecule has 3 atom stereocenters. The standard InChI is InChI=1S/C18H19F3N4OS/c1-10-6-11(2)16-12(9-22)17(27-13(16)7-10)24-15(26)8-14(18(19,20)21)25-5-3-4-23-25/h3-5,10-11,14H,6-8H2,1-2H3,(H,24,26). The average molecular weight is 396 g/mol. The molecule has 27 heavy (non-hydrogen) atoms. The summed E-state index contributed by atoms with van der Waals surface area (Å²) in [6, 6.07) is 1.45. The van der Waals surface area contributed by atoms with Crippen LogP contribution >= 0.6 is 11.3 Å². The van der Waals surface area contributed by atoms with Crippen LogP contribution in [0.2, 0.25) is 0 Å². The van der Waals surface area contributed by atoms with Crippen molar-refractivity contribution in [3.63, 3.8) is 0 Å². The molecule has 144 valence electrons. The van der Waals surface area contributed by atoms with Crippen LogP contribution in [0.5, 0.6) is 0 Å². The number of anilines is 1. The zero-order valence-electron chi connectivity index (χ0n) is 14.9. The first-order valence-electron chi connectivity index (χ1n) is 8.62. The van der Waals surface area contributed by atoms with E-state index in [1.54, 1.807) is 0 Å². The highest BCUT2D eigenvalue weighted by atomic mass is 32.1. The Morgan fingerprint density at radius 3 is 2.85 bits per heavy atom. The van der Waals surface area contributed by atoms with Gasteiger partial charge in [-0.2, -0.15) is 23.5 Å². The highest BCUT2D eigenvalue weighted by Crippen LogP contribution is 2.45. The van der Waals surface area contributed by atoms with Crippen LogP contribution in [-0.4, -0.2) is 21.9 Å². The topological polar surface area (TPSA) is 70.7 Å². The van der Waals surface area contributed by atoms with E-state index in [4.69, 9.17) is 0 Å². The molecule has 0 fully saturated rings. The molecule has 3 rings (SSSR count). The van der Waals surface area contributed by atoms with Gasteiger partial charge in [-0.05, 0) is 36.3 Å². The molecule has 2 aromatic rings. The Labute approximate surface area is 158 Å². The normalized spacial score (nSPS) is 20.6. The van der Waals surface area contributed by atoms with Crippen LogP contribution in [0.15, 0.2) is 18.5 Å². The van der Waals surface area contributed by atoms with Gasteiger partial charge in [0, 0.05) is 17.3 Å². The number of nitriles is 1. The number of thiophene rings is 1. The first-order valence-corrected chi connectivity index (χ1v) is 9.43. The van der Waals surface area contributed by atoms with E-state index in [1.165, 1.54) is 29.8 Å². The number of amides is 1. The minimum absolute atomic E-state index is 0.187. The van der Waals surface area contributed by atoms with E-state index in [0.717, 1.165) is 28.0 Å². The van der Waals surface area contributed by atoms with Crippen LogP contribution in [0.1, 0.15) is 54.7 Å². The molecule has 0 aromatic carbocycles. The van der Waals surface area contributed by atoms with Crippen molar-refractivity contribution in [1.29, 1.82) is 5.26 Å². The fourth-order valence-corrected chi connectivity index (χ4v) is 5.11. The quantitative estimate of drug-likeness (QED) is 0.819. The molecule has 1 aliphatic rings.